The highest BCUT2D eigenvalue weighted by Gasteiger charge is 2.16. The van der Waals surface area contributed by atoms with E-state index in [9.17, 15) is 0 Å². The number of benzene rings is 1. The second kappa shape index (κ2) is 3.27. The maximum absolute atomic E-state index is 9.05. The Morgan fingerprint density at radius 1 is 1.36 bits per heavy atom. The number of fused-ring (bicyclic) bond motifs is 1. The molecule has 1 aromatic heterocycles. The zero-order chi connectivity index (χ0) is 10.3. The molecule has 3 nitrogen and oxygen atoms in total. The Morgan fingerprint density at radius 2 is 2.07 bits per heavy atom. The van der Waals surface area contributed by atoms with Crippen LogP contribution in [0.25, 0.3) is 10.1 Å². The number of thiophene rings is 1. The minimum atomic E-state index is -1.50. The monoisotopic (exact) mass is 207 g/mol. The van der Waals surface area contributed by atoms with Gasteiger partial charge in [-0.2, -0.15) is 0 Å². The van der Waals surface area contributed by atoms with E-state index in [1.165, 1.54) is 0 Å². The van der Waals surface area contributed by atoms with E-state index in [0.717, 1.165) is 15.0 Å². The van der Waals surface area contributed by atoms with Crippen molar-refractivity contribution in [3.05, 3.63) is 23.1 Å². The average molecular weight is 207 g/mol. The van der Waals surface area contributed by atoms with E-state index in [4.69, 9.17) is 15.8 Å². The Balaban J connectivity index is 2.74. The maximum atomic E-state index is 9.05. The molecule has 0 fully saturated rings. The second-order valence-electron chi connectivity index (χ2n) is 3.22. The number of rotatable bonds is 1. The van der Waals surface area contributed by atoms with Gasteiger partial charge in [0.2, 0.25) is 0 Å². The van der Waals surface area contributed by atoms with Crippen molar-refractivity contribution in [3.63, 3.8) is 0 Å². The highest BCUT2D eigenvalue weighted by Crippen LogP contribution is 2.28. The molecule has 0 radical (unpaired) electrons. The summed E-state index contributed by atoms with van der Waals surface area (Å²) in [6.07, 6.45) is 0. The van der Waals surface area contributed by atoms with Gasteiger partial charge in [0.05, 0.1) is 4.70 Å². The number of nitrogens with two attached hydrogens (primary N) is 1. The summed E-state index contributed by atoms with van der Waals surface area (Å²) < 4.78 is 0.924. The first-order valence-corrected chi connectivity index (χ1v) is 5.06. The number of hydrogen-bond acceptors (Lipinski definition) is 4. The molecule has 2 rings (SSSR count). The zero-order valence-corrected chi connectivity index (χ0v) is 8.51. The molecule has 5 heteroatoms. The normalized spacial score (nSPS) is 10.8. The van der Waals surface area contributed by atoms with Gasteiger partial charge in [-0.25, -0.2) is 0 Å². The van der Waals surface area contributed by atoms with E-state index < -0.39 is 7.12 Å². The van der Waals surface area contributed by atoms with Gasteiger partial charge < -0.3 is 15.8 Å². The standard InChI is InChI=1S/C9H10BNO2S/c1-5-4-6-2-3-7(10(12)13)8(11)9(6)14-5/h2-4,12-13H,11H2,1H3. The molecule has 0 atom stereocenters. The molecule has 0 saturated carbocycles. The largest absolute Gasteiger partial charge is 0.490 e. The molecular weight excluding hydrogens is 197 g/mol. The summed E-state index contributed by atoms with van der Waals surface area (Å²) >= 11 is 1.56. The molecule has 1 heterocycles. The minimum absolute atomic E-state index is 0.374. The van der Waals surface area contributed by atoms with Crippen molar-refractivity contribution in [1.29, 1.82) is 0 Å². The Labute approximate surface area is 85.9 Å². The minimum Gasteiger partial charge on any atom is -0.423 e. The van der Waals surface area contributed by atoms with Crippen molar-refractivity contribution in [2.24, 2.45) is 0 Å². The lowest BCUT2D eigenvalue weighted by atomic mass is 9.79. The highest BCUT2D eigenvalue weighted by atomic mass is 32.1. The molecule has 0 bridgehead atoms. The van der Waals surface area contributed by atoms with Crippen LogP contribution in [0.15, 0.2) is 18.2 Å². The van der Waals surface area contributed by atoms with Gasteiger partial charge in [0.15, 0.2) is 0 Å². The fourth-order valence-corrected chi connectivity index (χ4v) is 2.47. The van der Waals surface area contributed by atoms with Gasteiger partial charge in [-0.15, -0.1) is 11.3 Å². The van der Waals surface area contributed by atoms with Gasteiger partial charge >= 0.3 is 7.12 Å². The van der Waals surface area contributed by atoms with Crippen molar-refractivity contribution in [2.75, 3.05) is 5.73 Å². The molecule has 4 N–H and O–H groups in total. The topological polar surface area (TPSA) is 66.5 Å². The highest BCUT2D eigenvalue weighted by molar-refractivity contribution is 7.19. The van der Waals surface area contributed by atoms with Crippen molar-refractivity contribution in [2.45, 2.75) is 6.92 Å². The number of hydrogen-bond donors (Lipinski definition) is 3. The van der Waals surface area contributed by atoms with Gasteiger partial charge in [0.1, 0.15) is 0 Å². The fraction of sp³-hybridized carbons (Fsp3) is 0.111. The van der Waals surface area contributed by atoms with E-state index >= 15 is 0 Å². The van der Waals surface area contributed by atoms with Gasteiger partial charge in [-0.1, -0.05) is 12.1 Å². The lowest BCUT2D eigenvalue weighted by Gasteiger charge is -2.04. The summed E-state index contributed by atoms with van der Waals surface area (Å²) in [5.41, 5.74) is 6.67. The van der Waals surface area contributed by atoms with Crippen LogP contribution in [0.2, 0.25) is 0 Å². The fourth-order valence-electron chi connectivity index (χ4n) is 1.49. The van der Waals surface area contributed by atoms with E-state index in [1.54, 1.807) is 17.4 Å². The molecular formula is C9H10BNO2S. The van der Waals surface area contributed by atoms with Gasteiger partial charge in [-0.3, -0.25) is 0 Å². The summed E-state index contributed by atoms with van der Waals surface area (Å²) in [4.78, 5) is 1.16. The van der Waals surface area contributed by atoms with Crippen LogP contribution in [-0.2, 0) is 0 Å². The lowest BCUT2D eigenvalue weighted by Crippen LogP contribution is -2.32. The van der Waals surface area contributed by atoms with Crippen LogP contribution in [0.1, 0.15) is 4.88 Å². The summed E-state index contributed by atoms with van der Waals surface area (Å²) in [7, 11) is -1.50. The molecule has 0 amide bonds. The van der Waals surface area contributed by atoms with E-state index in [2.05, 4.69) is 0 Å². The zero-order valence-electron chi connectivity index (χ0n) is 7.69. The molecule has 0 aliphatic carbocycles. The van der Waals surface area contributed by atoms with Gasteiger partial charge in [-0.05, 0) is 18.4 Å². The third-order valence-corrected chi connectivity index (χ3v) is 3.26. The smallest absolute Gasteiger partial charge is 0.423 e. The van der Waals surface area contributed by atoms with Crippen molar-refractivity contribution < 1.29 is 10.0 Å². The van der Waals surface area contributed by atoms with Crippen LogP contribution in [-0.4, -0.2) is 17.2 Å². The number of nitrogen functional groups attached to an aromatic ring is 1. The lowest BCUT2D eigenvalue weighted by molar-refractivity contribution is 0.426. The van der Waals surface area contributed by atoms with E-state index in [1.807, 2.05) is 19.1 Å². The molecule has 72 valence electrons. The Morgan fingerprint density at radius 3 is 2.71 bits per heavy atom. The van der Waals surface area contributed by atoms with Crippen molar-refractivity contribution in [3.8, 4) is 0 Å². The molecule has 0 aliphatic rings. The Kier molecular flexibility index (Phi) is 2.22. The van der Waals surface area contributed by atoms with Crippen molar-refractivity contribution >= 4 is 39.7 Å². The first-order valence-electron chi connectivity index (χ1n) is 4.24. The molecule has 2 aromatic rings. The van der Waals surface area contributed by atoms with E-state index in [-0.39, 0.29) is 0 Å². The van der Waals surface area contributed by atoms with Gasteiger partial charge in [0.25, 0.3) is 0 Å². The van der Waals surface area contributed by atoms with Crippen molar-refractivity contribution in [1.82, 2.24) is 0 Å². The Hall–Kier alpha value is -1.04. The second-order valence-corrected chi connectivity index (χ2v) is 4.47. The summed E-state index contributed by atoms with van der Waals surface area (Å²) in [5.74, 6) is 0. The predicted octanol–water partition coefficient (Wildman–Crippen LogP) is 0.472. The predicted molar refractivity (Wildman–Crippen MR) is 60.8 cm³/mol. The SMILES string of the molecule is Cc1cc2ccc(B(O)O)c(N)c2s1. The first kappa shape index (κ1) is 9.52. The van der Waals surface area contributed by atoms with Crippen LogP contribution < -0.4 is 11.2 Å². The quantitative estimate of drug-likeness (QED) is 0.470. The van der Waals surface area contributed by atoms with Crippen LogP contribution in [0.4, 0.5) is 5.69 Å². The van der Waals surface area contributed by atoms with Crippen LogP contribution in [0.5, 0.6) is 0 Å². The number of aryl methyl sites for hydroxylation is 1. The van der Waals surface area contributed by atoms with Crippen LogP contribution in [0.3, 0.4) is 0 Å². The first-order chi connectivity index (χ1) is 6.59. The molecule has 0 unspecified atom stereocenters. The van der Waals surface area contributed by atoms with Crippen LogP contribution in [0, 0.1) is 6.92 Å². The molecule has 0 saturated heterocycles. The third-order valence-electron chi connectivity index (χ3n) is 2.16. The molecule has 0 aliphatic heterocycles. The molecule has 14 heavy (non-hydrogen) atoms. The van der Waals surface area contributed by atoms with Crippen LogP contribution >= 0.6 is 11.3 Å². The summed E-state index contributed by atoms with van der Waals surface area (Å²) in [6, 6.07) is 5.53. The molecule has 1 aromatic carbocycles. The number of anilines is 1. The van der Waals surface area contributed by atoms with Gasteiger partial charge in [0, 0.05) is 16.0 Å². The molecule has 0 spiro atoms. The summed E-state index contributed by atoms with van der Waals surface area (Å²) in [5, 5.41) is 19.2. The average Bonchev–Trinajstić information content (AvgIpc) is 2.46. The Bertz CT molecular complexity index is 481. The maximum Gasteiger partial charge on any atom is 0.490 e. The third kappa shape index (κ3) is 1.39. The summed E-state index contributed by atoms with van der Waals surface area (Å²) in [6.45, 7) is 2.00. The van der Waals surface area contributed by atoms with E-state index in [0.29, 0.717) is 11.2 Å².